The number of hydrogen-bond acceptors (Lipinski definition) is 3. The molecule has 94 valence electrons. The Labute approximate surface area is 104 Å². The van der Waals surface area contributed by atoms with Gasteiger partial charge >= 0.3 is 0 Å². The molecule has 2 N–H and O–H groups in total. The Bertz CT molecular complexity index is 601. The maximum atomic E-state index is 11.9. The molecule has 0 radical (unpaired) electrons. The predicted molar refractivity (Wildman–Crippen MR) is 66.2 cm³/mol. The van der Waals surface area contributed by atoms with Crippen LogP contribution in [0.15, 0.2) is 35.5 Å². The summed E-state index contributed by atoms with van der Waals surface area (Å²) in [6.07, 6.45) is 4.88. The number of amides is 1. The zero-order valence-electron chi connectivity index (χ0n) is 10.2. The molecular weight excluding hydrogens is 232 g/mol. The van der Waals surface area contributed by atoms with Gasteiger partial charge in [-0.1, -0.05) is 0 Å². The van der Waals surface area contributed by atoms with E-state index in [2.05, 4.69) is 15.3 Å². The molecule has 6 heteroatoms. The maximum Gasteiger partial charge on any atom is 0.252 e. The molecule has 1 amide bonds. The number of aryl methyl sites for hydroxylation is 1. The van der Waals surface area contributed by atoms with E-state index >= 15 is 0 Å². The van der Waals surface area contributed by atoms with Gasteiger partial charge in [0, 0.05) is 37.3 Å². The van der Waals surface area contributed by atoms with Crippen LogP contribution in [0, 0.1) is 0 Å². The van der Waals surface area contributed by atoms with Crippen LogP contribution in [0.5, 0.6) is 0 Å². The SMILES string of the molecule is CC(NC(=O)c1ccn(C)c(=O)c1)c1ncc[nH]1. The van der Waals surface area contributed by atoms with Crippen molar-refractivity contribution in [1.82, 2.24) is 19.9 Å². The lowest BCUT2D eigenvalue weighted by Gasteiger charge is -2.11. The lowest BCUT2D eigenvalue weighted by atomic mass is 10.2. The fourth-order valence-electron chi connectivity index (χ4n) is 1.55. The van der Waals surface area contributed by atoms with E-state index in [-0.39, 0.29) is 17.5 Å². The minimum atomic E-state index is -0.295. The van der Waals surface area contributed by atoms with Crippen LogP contribution in [0.3, 0.4) is 0 Å². The zero-order chi connectivity index (χ0) is 13.1. The average Bonchev–Trinajstić information content (AvgIpc) is 2.86. The van der Waals surface area contributed by atoms with E-state index in [0.717, 1.165) is 0 Å². The second-order valence-corrected chi connectivity index (χ2v) is 4.03. The van der Waals surface area contributed by atoms with Crippen LogP contribution in [-0.2, 0) is 7.05 Å². The van der Waals surface area contributed by atoms with Crippen LogP contribution in [-0.4, -0.2) is 20.4 Å². The molecule has 0 aliphatic rings. The first kappa shape index (κ1) is 12.1. The van der Waals surface area contributed by atoms with Crippen molar-refractivity contribution in [3.05, 3.63) is 52.5 Å². The van der Waals surface area contributed by atoms with E-state index in [1.807, 2.05) is 6.92 Å². The summed E-state index contributed by atoms with van der Waals surface area (Å²) in [6, 6.07) is 2.67. The van der Waals surface area contributed by atoms with Gasteiger partial charge in [0.2, 0.25) is 0 Å². The van der Waals surface area contributed by atoms with Gasteiger partial charge in [0.1, 0.15) is 5.82 Å². The maximum absolute atomic E-state index is 11.9. The number of aromatic amines is 1. The number of nitrogens with one attached hydrogen (secondary N) is 2. The van der Waals surface area contributed by atoms with Gasteiger partial charge in [0.05, 0.1) is 6.04 Å². The molecule has 0 bridgehead atoms. The Balaban J connectivity index is 2.12. The summed E-state index contributed by atoms with van der Waals surface area (Å²) in [4.78, 5) is 30.3. The van der Waals surface area contributed by atoms with Gasteiger partial charge < -0.3 is 14.9 Å². The van der Waals surface area contributed by atoms with Gasteiger partial charge in [-0.05, 0) is 13.0 Å². The molecule has 0 spiro atoms. The number of imidazole rings is 1. The van der Waals surface area contributed by atoms with Crippen molar-refractivity contribution in [1.29, 1.82) is 0 Å². The van der Waals surface area contributed by atoms with Gasteiger partial charge in [-0.15, -0.1) is 0 Å². The number of carbonyl (C=O) groups is 1. The Hall–Kier alpha value is -2.37. The molecule has 0 saturated carbocycles. The smallest absolute Gasteiger partial charge is 0.252 e. The summed E-state index contributed by atoms with van der Waals surface area (Å²) in [5.41, 5.74) is 0.129. The minimum absolute atomic E-state index is 0.215. The fourth-order valence-corrected chi connectivity index (χ4v) is 1.55. The third-order valence-electron chi connectivity index (χ3n) is 2.64. The van der Waals surface area contributed by atoms with Crippen LogP contribution < -0.4 is 10.9 Å². The van der Waals surface area contributed by atoms with Gasteiger partial charge in [-0.3, -0.25) is 9.59 Å². The van der Waals surface area contributed by atoms with Crippen molar-refractivity contribution in [3.8, 4) is 0 Å². The summed E-state index contributed by atoms with van der Waals surface area (Å²) in [6.45, 7) is 1.82. The molecule has 2 rings (SSSR count). The van der Waals surface area contributed by atoms with E-state index in [0.29, 0.717) is 11.4 Å². The molecule has 6 nitrogen and oxygen atoms in total. The second kappa shape index (κ2) is 4.87. The van der Waals surface area contributed by atoms with E-state index < -0.39 is 0 Å². The molecular formula is C12H14N4O2. The second-order valence-electron chi connectivity index (χ2n) is 4.03. The van der Waals surface area contributed by atoms with Crippen LogP contribution in [0.1, 0.15) is 29.1 Å². The van der Waals surface area contributed by atoms with Crippen LogP contribution >= 0.6 is 0 Å². The van der Waals surface area contributed by atoms with Crippen LogP contribution in [0.4, 0.5) is 0 Å². The number of carbonyl (C=O) groups excluding carboxylic acids is 1. The molecule has 18 heavy (non-hydrogen) atoms. The average molecular weight is 246 g/mol. The zero-order valence-corrected chi connectivity index (χ0v) is 10.2. The highest BCUT2D eigenvalue weighted by Gasteiger charge is 2.13. The largest absolute Gasteiger partial charge is 0.347 e. The first-order chi connectivity index (χ1) is 8.58. The van der Waals surface area contributed by atoms with Crippen molar-refractivity contribution >= 4 is 5.91 Å². The third-order valence-corrected chi connectivity index (χ3v) is 2.64. The molecule has 0 aliphatic heterocycles. The first-order valence-electron chi connectivity index (χ1n) is 5.55. The third kappa shape index (κ3) is 2.48. The standard InChI is InChI=1S/C12H14N4O2/c1-8(11-13-4-5-14-11)15-12(18)9-3-6-16(2)10(17)7-9/h3-8H,1-2H3,(H,13,14)(H,15,18). The lowest BCUT2D eigenvalue weighted by molar-refractivity contribution is 0.0938. The predicted octanol–water partition coefficient (Wildman–Crippen LogP) is 0.599. The van der Waals surface area contributed by atoms with Crippen molar-refractivity contribution in [2.45, 2.75) is 13.0 Å². The van der Waals surface area contributed by atoms with Crippen molar-refractivity contribution in [2.75, 3.05) is 0 Å². The number of nitrogens with zero attached hydrogens (tertiary/aromatic N) is 2. The van der Waals surface area contributed by atoms with Gasteiger partial charge in [0.15, 0.2) is 0 Å². The lowest BCUT2D eigenvalue weighted by Crippen LogP contribution is -2.29. The topological polar surface area (TPSA) is 79.8 Å². The number of aromatic nitrogens is 3. The molecule has 2 aromatic heterocycles. The van der Waals surface area contributed by atoms with E-state index in [1.165, 1.54) is 10.6 Å². The number of H-pyrrole nitrogens is 1. The van der Waals surface area contributed by atoms with Crippen LogP contribution in [0.2, 0.25) is 0 Å². The Morgan fingerprint density at radius 1 is 1.56 bits per heavy atom. The van der Waals surface area contributed by atoms with Gasteiger partial charge in [0.25, 0.3) is 11.5 Å². The van der Waals surface area contributed by atoms with E-state index in [9.17, 15) is 9.59 Å². The van der Waals surface area contributed by atoms with Crippen LogP contribution in [0.25, 0.3) is 0 Å². The minimum Gasteiger partial charge on any atom is -0.347 e. The monoisotopic (exact) mass is 246 g/mol. The van der Waals surface area contributed by atoms with E-state index in [4.69, 9.17) is 0 Å². The summed E-state index contributed by atoms with van der Waals surface area (Å²) in [5, 5.41) is 2.76. The summed E-state index contributed by atoms with van der Waals surface area (Å²) < 4.78 is 1.41. The molecule has 0 fully saturated rings. The Kier molecular flexibility index (Phi) is 3.27. The highest BCUT2D eigenvalue weighted by atomic mass is 16.2. The van der Waals surface area contributed by atoms with Gasteiger partial charge in [-0.2, -0.15) is 0 Å². The molecule has 0 aliphatic carbocycles. The van der Waals surface area contributed by atoms with Gasteiger partial charge in [-0.25, -0.2) is 4.98 Å². The molecule has 0 aromatic carbocycles. The number of hydrogen-bond donors (Lipinski definition) is 2. The van der Waals surface area contributed by atoms with Crippen molar-refractivity contribution < 1.29 is 4.79 Å². The number of rotatable bonds is 3. The molecule has 2 aromatic rings. The first-order valence-corrected chi connectivity index (χ1v) is 5.55. The van der Waals surface area contributed by atoms with Crippen molar-refractivity contribution in [2.24, 2.45) is 7.05 Å². The Morgan fingerprint density at radius 3 is 2.94 bits per heavy atom. The summed E-state index contributed by atoms with van der Waals surface area (Å²) >= 11 is 0. The molecule has 1 atom stereocenters. The molecule has 2 heterocycles. The summed E-state index contributed by atoms with van der Waals surface area (Å²) in [5.74, 6) is 0.379. The highest BCUT2D eigenvalue weighted by Crippen LogP contribution is 2.06. The van der Waals surface area contributed by atoms with E-state index in [1.54, 1.807) is 31.7 Å². The summed E-state index contributed by atoms with van der Waals surface area (Å²) in [7, 11) is 1.63. The van der Waals surface area contributed by atoms with Crippen molar-refractivity contribution in [3.63, 3.8) is 0 Å². The number of pyridine rings is 1. The fraction of sp³-hybridized carbons (Fsp3) is 0.250. The highest BCUT2D eigenvalue weighted by molar-refractivity contribution is 5.94. The Morgan fingerprint density at radius 2 is 2.33 bits per heavy atom. The molecule has 0 saturated heterocycles. The quantitative estimate of drug-likeness (QED) is 0.832. The normalized spacial score (nSPS) is 12.1. The molecule has 1 unspecified atom stereocenters.